The summed E-state index contributed by atoms with van der Waals surface area (Å²) in [5, 5.41) is 21.8. The fourth-order valence-corrected chi connectivity index (χ4v) is 4.04. The van der Waals surface area contributed by atoms with E-state index in [-0.39, 0.29) is 17.3 Å². The predicted molar refractivity (Wildman–Crippen MR) is 111 cm³/mol. The molecule has 158 valence electrons. The monoisotopic (exact) mass is 429 g/mol. The lowest BCUT2D eigenvalue weighted by molar-refractivity contribution is 0.0947. The summed E-state index contributed by atoms with van der Waals surface area (Å²) in [6.07, 6.45) is 4.64. The number of hydrazone groups is 1. The van der Waals surface area contributed by atoms with Crippen LogP contribution in [0.2, 0.25) is 0 Å². The second-order valence-corrected chi connectivity index (χ2v) is 8.02. The number of hydrogen-bond donors (Lipinski definition) is 2. The molecule has 1 amide bonds. The van der Waals surface area contributed by atoms with Gasteiger partial charge in [0.2, 0.25) is 11.6 Å². The Labute approximate surface area is 176 Å². The average molecular weight is 430 g/mol. The van der Waals surface area contributed by atoms with Crippen molar-refractivity contribution in [3.8, 4) is 5.82 Å². The van der Waals surface area contributed by atoms with E-state index in [4.69, 9.17) is 10.4 Å². The van der Waals surface area contributed by atoms with Crippen LogP contribution >= 0.6 is 11.3 Å². The third-order valence-electron chi connectivity index (χ3n) is 4.95. The lowest BCUT2D eigenvalue weighted by atomic mass is 10.2. The summed E-state index contributed by atoms with van der Waals surface area (Å²) in [6.45, 7) is 4.20. The second-order valence-electron chi connectivity index (χ2n) is 7.08. The number of likely N-dealkylation sites (tertiary alicyclic amines) is 1. The number of nitrogen functional groups attached to an aromatic ring is 1. The number of carbonyl (C=O) groups is 1. The standard InChI is InChI=1S/C18H23N9O2S/c1-12(14-7-6-10-30-14)20-22-18(28)15-13(11-26-8-4-2-3-5-9-26)27(25-21-15)17-16(19)23-29-24-17/h6-7,10H,2-5,8-9,11H2,1H3,(H2,19,23)(H,22,28)/b20-12+. The van der Waals surface area contributed by atoms with Gasteiger partial charge in [-0.15, -0.1) is 16.4 Å². The van der Waals surface area contributed by atoms with Crippen molar-refractivity contribution in [3.63, 3.8) is 0 Å². The molecule has 0 saturated carbocycles. The number of thiophene rings is 1. The molecule has 1 saturated heterocycles. The zero-order valence-electron chi connectivity index (χ0n) is 16.6. The minimum absolute atomic E-state index is 0.0792. The zero-order chi connectivity index (χ0) is 20.9. The lowest BCUT2D eigenvalue weighted by Gasteiger charge is -2.20. The number of nitrogens with zero attached hydrogens (tertiary/aromatic N) is 7. The van der Waals surface area contributed by atoms with Crippen LogP contribution in [-0.4, -0.2) is 54.9 Å². The highest BCUT2D eigenvalue weighted by molar-refractivity contribution is 7.12. The quantitative estimate of drug-likeness (QED) is 0.447. The van der Waals surface area contributed by atoms with Crippen LogP contribution in [-0.2, 0) is 6.54 Å². The van der Waals surface area contributed by atoms with Crippen molar-refractivity contribution < 1.29 is 9.42 Å². The van der Waals surface area contributed by atoms with Gasteiger partial charge in [-0.05, 0) is 54.6 Å². The van der Waals surface area contributed by atoms with Crippen molar-refractivity contribution in [2.75, 3.05) is 18.8 Å². The molecule has 0 atom stereocenters. The molecule has 0 radical (unpaired) electrons. The number of nitrogens with one attached hydrogen (secondary N) is 1. The van der Waals surface area contributed by atoms with Gasteiger partial charge in [0.25, 0.3) is 5.91 Å². The molecule has 30 heavy (non-hydrogen) atoms. The first-order valence-electron chi connectivity index (χ1n) is 9.77. The maximum absolute atomic E-state index is 12.9. The number of amides is 1. The first kappa shape index (κ1) is 20.2. The van der Waals surface area contributed by atoms with Crippen molar-refractivity contribution in [3.05, 3.63) is 33.8 Å². The van der Waals surface area contributed by atoms with Crippen LogP contribution < -0.4 is 11.2 Å². The first-order chi connectivity index (χ1) is 14.6. The van der Waals surface area contributed by atoms with Crippen molar-refractivity contribution in [2.45, 2.75) is 39.2 Å². The maximum atomic E-state index is 12.9. The van der Waals surface area contributed by atoms with Gasteiger partial charge in [-0.1, -0.05) is 24.1 Å². The van der Waals surface area contributed by atoms with Gasteiger partial charge in [-0.3, -0.25) is 9.69 Å². The highest BCUT2D eigenvalue weighted by Gasteiger charge is 2.26. The number of hydrogen-bond acceptors (Lipinski definition) is 10. The van der Waals surface area contributed by atoms with Gasteiger partial charge in [0.1, 0.15) is 0 Å². The molecule has 0 spiro atoms. The van der Waals surface area contributed by atoms with Crippen LogP contribution in [0.3, 0.4) is 0 Å². The van der Waals surface area contributed by atoms with E-state index in [9.17, 15) is 4.79 Å². The molecule has 0 unspecified atom stereocenters. The second kappa shape index (κ2) is 9.13. The first-order valence-corrected chi connectivity index (χ1v) is 10.7. The van der Waals surface area contributed by atoms with Crippen LogP contribution in [0.15, 0.2) is 27.2 Å². The van der Waals surface area contributed by atoms with Crippen molar-refractivity contribution in [1.29, 1.82) is 0 Å². The highest BCUT2D eigenvalue weighted by atomic mass is 32.1. The van der Waals surface area contributed by atoms with E-state index in [1.165, 1.54) is 17.5 Å². The Kier molecular flexibility index (Phi) is 6.14. The Hall–Kier alpha value is -3.12. The predicted octanol–water partition coefficient (Wildman–Crippen LogP) is 1.82. The third kappa shape index (κ3) is 4.39. The molecule has 12 heteroatoms. The van der Waals surface area contributed by atoms with Gasteiger partial charge < -0.3 is 5.73 Å². The Morgan fingerprint density at radius 3 is 2.77 bits per heavy atom. The van der Waals surface area contributed by atoms with Gasteiger partial charge in [0, 0.05) is 11.4 Å². The number of anilines is 1. The van der Waals surface area contributed by atoms with E-state index < -0.39 is 5.91 Å². The Morgan fingerprint density at radius 1 is 1.30 bits per heavy atom. The minimum Gasteiger partial charge on any atom is -0.378 e. The van der Waals surface area contributed by atoms with Gasteiger partial charge >= 0.3 is 0 Å². The molecule has 3 aromatic rings. The van der Waals surface area contributed by atoms with Gasteiger partial charge in [-0.2, -0.15) is 9.78 Å². The molecule has 3 aromatic heterocycles. The summed E-state index contributed by atoms with van der Waals surface area (Å²) in [5.74, 6) is -0.155. The average Bonchev–Trinajstić information content (AvgIpc) is 3.45. The summed E-state index contributed by atoms with van der Waals surface area (Å²) in [7, 11) is 0. The molecule has 1 fully saturated rings. The molecule has 4 heterocycles. The number of aromatic nitrogens is 5. The van der Waals surface area contributed by atoms with E-state index >= 15 is 0 Å². The molecule has 0 aromatic carbocycles. The summed E-state index contributed by atoms with van der Waals surface area (Å²) >= 11 is 1.55. The van der Waals surface area contributed by atoms with Crippen molar-refractivity contribution in [1.82, 2.24) is 35.6 Å². The molecule has 1 aliphatic rings. The third-order valence-corrected chi connectivity index (χ3v) is 5.93. The van der Waals surface area contributed by atoms with Crippen LogP contribution in [0.5, 0.6) is 0 Å². The highest BCUT2D eigenvalue weighted by Crippen LogP contribution is 2.19. The fraction of sp³-hybridized carbons (Fsp3) is 0.444. The summed E-state index contributed by atoms with van der Waals surface area (Å²) in [6, 6.07) is 3.87. The van der Waals surface area contributed by atoms with Crippen molar-refractivity contribution in [2.24, 2.45) is 5.10 Å². The summed E-state index contributed by atoms with van der Waals surface area (Å²) in [5.41, 5.74) is 9.88. The van der Waals surface area contributed by atoms with Crippen LogP contribution in [0.1, 0.15) is 53.7 Å². The van der Waals surface area contributed by atoms with E-state index in [0.717, 1.165) is 30.8 Å². The Morgan fingerprint density at radius 2 is 2.10 bits per heavy atom. The van der Waals surface area contributed by atoms with Gasteiger partial charge in [0.05, 0.1) is 11.4 Å². The van der Waals surface area contributed by atoms with Gasteiger partial charge in [-0.25, -0.2) is 10.1 Å². The molecule has 11 nitrogen and oxygen atoms in total. The zero-order valence-corrected chi connectivity index (χ0v) is 17.4. The minimum atomic E-state index is -0.447. The molecule has 0 aliphatic carbocycles. The molecule has 3 N–H and O–H groups in total. The fourth-order valence-electron chi connectivity index (χ4n) is 3.36. The topological polar surface area (TPSA) is 140 Å². The molecule has 0 bridgehead atoms. The van der Waals surface area contributed by atoms with Gasteiger partial charge in [0.15, 0.2) is 5.69 Å². The molecule has 1 aliphatic heterocycles. The van der Waals surface area contributed by atoms with E-state index in [0.29, 0.717) is 18.0 Å². The van der Waals surface area contributed by atoms with E-state index in [2.05, 4.69) is 36.1 Å². The van der Waals surface area contributed by atoms with E-state index in [1.54, 1.807) is 11.3 Å². The summed E-state index contributed by atoms with van der Waals surface area (Å²) < 4.78 is 6.12. The van der Waals surface area contributed by atoms with Crippen LogP contribution in [0.4, 0.5) is 5.82 Å². The Balaban J connectivity index is 1.61. The van der Waals surface area contributed by atoms with E-state index in [1.807, 2.05) is 24.4 Å². The van der Waals surface area contributed by atoms with Crippen LogP contribution in [0.25, 0.3) is 5.82 Å². The number of carbonyl (C=O) groups excluding carboxylic acids is 1. The SMILES string of the molecule is C/C(=N\NC(=O)c1nnn(-c2nonc2N)c1CN1CCCCCC1)c1cccs1. The maximum Gasteiger partial charge on any atom is 0.293 e. The smallest absolute Gasteiger partial charge is 0.293 e. The number of nitrogens with two attached hydrogens (primary N) is 1. The Bertz CT molecular complexity index is 1020. The lowest BCUT2D eigenvalue weighted by Crippen LogP contribution is -2.28. The largest absolute Gasteiger partial charge is 0.378 e. The van der Waals surface area contributed by atoms with Crippen LogP contribution in [0, 0.1) is 0 Å². The summed E-state index contributed by atoms with van der Waals surface area (Å²) in [4.78, 5) is 16.1. The van der Waals surface area contributed by atoms with Crippen molar-refractivity contribution >= 4 is 28.8 Å². The molecular weight excluding hydrogens is 406 g/mol. The normalized spacial score (nSPS) is 15.8. The molecular formula is C18H23N9O2S. The molecule has 4 rings (SSSR count). The number of rotatable bonds is 6.